The lowest BCUT2D eigenvalue weighted by Gasteiger charge is -2.33. The summed E-state index contributed by atoms with van der Waals surface area (Å²) in [6.45, 7) is 0.169. The molecule has 1 aliphatic carbocycles. The molecule has 1 saturated carbocycles. The molecule has 2 rings (SSSR count). The molecule has 1 saturated heterocycles. The number of amides is 1. The molecule has 7 nitrogen and oxygen atoms in total. The van der Waals surface area contributed by atoms with Crippen molar-refractivity contribution in [2.24, 2.45) is 17.0 Å². The first kappa shape index (κ1) is 16.2. The summed E-state index contributed by atoms with van der Waals surface area (Å²) < 4.78 is 22.3. The summed E-state index contributed by atoms with van der Waals surface area (Å²) in [6.07, 6.45) is 4.74. The molecule has 120 valence electrons. The van der Waals surface area contributed by atoms with Crippen molar-refractivity contribution in [2.45, 2.75) is 44.6 Å². The zero-order valence-electron chi connectivity index (χ0n) is 11.9. The van der Waals surface area contributed by atoms with Crippen LogP contribution in [0.4, 0.5) is 0 Å². The number of sulfonamides is 1. The molecule has 0 spiro atoms. The van der Waals surface area contributed by atoms with Gasteiger partial charge in [0.15, 0.2) is 0 Å². The average Bonchev–Trinajstić information content (AvgIpc) is 2.69. The Morgan fingerprint density at radius 2 is 1.95 bits per heavy atom. The number of carbonyl (C=O) groups excluding carboxylic acids is 1. The van der Waals surface area contributed by atoms with E-state index >= 15 is 0 Å². The molecule has 1 amide bonds. The number of carbonyl (C=O) groups is 2. The van der Waals surface area contributed by atoms with Crippen LogP contribution in [0.2, 0.25) is 0 Å². The number of likely N-dealkylation sites (tertiary alicyclic amines) is 1. The Kier molecular flexibility index (Phi) is 4.88. The smallest absolute Gasteiger partial charge is 0.326 e. The number of carboxylic acids is 1. The van der Waals surface area contributed by atoms with E-state index < -0.39 is 28.0 Å². The van der Waals surface area contributed by atoms with Crippen LogP contribution >= 0.6 is 0 Å². The minimum absolute atomic E-state index is 0.0339. The summed E-state index contributed by atoms with van der Waals surface area (Å²) in [5.41, 5.74) is 0. The summed E-state index contributed by atoms with van der Waals surface area (Å²) in [6, 6.07) is -0.830. The monoisotopic (exact) mass is 318 g/mol. The Morgan fingerprint density at radius 3 is 2.48 bits per heavy atom. The highest BCUT2D eigenvalue weighted by Gasteiger charge is 2.42. The molecule has 1 aliphatic heterocycles. The van der Waals surface area contributed by atoms with Gasteiger partial charge in [0.2, 0.25) is 15.9 Å². The average molecular weight is 318 g/mol. The molecule has 2 atom stereocenters. The molecule has 2 fully saturated rings. The van der Waals surface area contributed by atoms with Gasteiger partial charge in [-0.2, -0.15) is 0 Å². The lowest BCUT2D eigenvalue weighted by molar-refractivity contribution is -0.151. The van der Waals surface area contributed by atoms with Crippen molar-refractivity contribution in [3.63, 3.8) is 0 Å². The maximum Gasteiger partial charge on any atom is 0.326 e. The number of nitrogens with two attached hydrogens (primary N) is 1. The van der Waals surface area contributed by atoms with Gasteiger partial charge in [-0.1, -0.05) is 19.3 Å². The normalized spacial score (nSPS) is 26.0. The fraction of sp³-hybridized carbons (Fsp3) is 0.846. The summed E-state index contributed by atoms with van der Waals surface area (Å²) in [5, 5.41) is 14.5. The molecule has 0 radical (unpaired) electrons. The van der Waals surface area contributed by atoms with E-state index in [2.05, 4.69) is 0 Å². The molecule has 0 aromatic heterocycles. The van der Waals surface area contributed by atoms with E-state index in [1.807, 2.05) is 0 Å². The number of primary sulfonamides is 1. The van der Waals surface area contributed by atoms with E-state index in [1.54, 1.807) is 0 Å². The highest BCUT2D eigenvalue weighted by atomic mass is 32.2. The quantitative estimate of drug-likeness (QED) is 0.748. The van der Waals surface area contributed by atoms with Crippen LogP contribution < -0.4 is 5.14 Å². The van der Waals surface area contributed by atoms with Gasteiger partial charge in [0, 0.05) is 18.9 Å². The zero-order valence-corrected chi connectivity index (χ0v) is 12.7. The minimum Gasteiger partial charge on any atom is -0.480 e. The third-order valence-corrected chi connectivity index (χ3v) is 5.33. The molecule has 0 bridgehead atoms. The molecule has 0 aromatic rings. The molecule has 3 N–H and O–H groups in total. The first-order valence-corrected chi connectivity index (χ1v) is 9.02. The van der Waals surface area contributed by atoms with Crippen LogP contribution in [0.1, 0.15) is 38.5 Å². The lowest BCUT2D eigenvalue weighted by Crippen LogP contribution is -2.47. The number of carboxylic acid groups (broad SMARTS) is 1. The fourth-order valence-corrected chi connectivity index (χ4v) is 4.44. The lowest BCUT2D eigenvalue weighted by atomic mass is 9.83. The summed E-state index contributed by atoms with van der Waals surface area (Å²) in [5.74, 6) is -1.98. The maximum atomic E-state index is 12.1. The van der Waals surface area contributed by atoms with Crippen molar-refractivity contribution in [1.29, 1.82) is 0 Å². The molecule has 1 heterocycles. The third-order valence-electron chi connectivity index (χ3n) is 4.39. The Balaban J connectivity index is 2.10. The molecule has 2 unspecified atom stereocenters. The Hall–Kier alpha value is -1.15. The molecular weight excluding hydrogens is 296 g/mol. The van der Waals surface area contributed by atoms with Crippen LogP contribution in [0.5, 0.6) is 0 Å². The van der Waals surface area contributed by atoms with Gasteiger partial charge >= 0.3 is 5.97 Å². The van der Waals surface area contributed by atoms with E-state index in [1.165, 1.54) is 4.90 Å². The molecule has 0 aromatic carbocycles. The van der Waals surface area contributed by atoms with Crippen LogP contribution in [0.15, 0.2) is 0 Å². The first-order chi connectivity index (χ1) is 9.78. The third kappa shape index (κ3) is 4.16. The summed E-state index contributed by atoms with van der Waals surface area (Å²) >= 11 is 0. The zero-order chi connectivity index (χ0) is 15.6. The summed E-state index contributed by atoms with van der Waals surface area (Å²) in [4.78, 5) is 25.0. The predicted octanol–water partition coefficient (Wildman–Crippen LogP) is 0.157. The van der Waals surface area contributed by atoms with E-state index in [0.29, 0.717) is 0 Å². The number of aliphatic carboxylic acids is 1. The molecule has 8 heteroatoms. The van der Waals surface area contributed by atoms with Gasteiger partial charge in [0.25, 0.3) is 0 Å². The second-order valence-electron chi connectivity index (χ2n) is 6.13. The SMILES string of the molecule is NS(=O)(=O)CC1CC(=O)N(C(C(=O)O)C2CCCCC2)C1. The van der Waals surface area contributed by atoms with E-state index in [-0.39, 0.29) is 30.5 Å². The maximum absolute atomic E-state index is 12.1. The van der Waals surface area contributed by atoms with Gasteiger partial charge in [-0.25, -0.2) is 18.4 Å². The van der Waals surface area contributed by atoms with Crippen LogP contribution in [-0.4, -0.2) is 48.6 Å². The molecule has 21 heavy (non-hydrogen) atoms. The van der Waals surface area contributed by atoms with Crippen LogP contribution in [0, 0.1) is 11.8 Å². The van der Waals surface area contributed by atoms with Crippen molar-refractivity contribution >= 4 is 21.9 Å². The van der Waals surface area contributed by atoms with Gasteiger partial charge in [-0.05, 0) is 18.8 Å². The van der Waals surface area contributed by atoms with Gasteiger partial charge in [-0.15, -0.1) is 0 Å². The van der Waals surface area contributed by atoms with Gasteiger partial charge in [-0.3, -0.25) is 4.79 Å². The van der Waals surface area contributed by atoms with E-state index in [9.17, 15) is 23.1 Å². The van der Waals surface area contributed by atoms with Crippen molar-refractivity contribution in [1.82, 2.24) is 4.90 Å². The highest BCUT2D eigenvalue weighted by molar-refractivity contribution is 7.89. The second kappa shape index (κ2) is 6.31. The highest BCUT2D eigenvalue weighted by Crippen LogP contribution is 2.32. The van der Waals surface area contributed by atoms with Crippen LogP contribution in [-0.2, 0) is 19.6 Å². The Labute approximate surface area is 124 Å². The first-order valence-electron chi connectivity index (χ1n) is 7.30. The minimum atomic E-state index is -3.65. The van der Waals surface area contributed by atoms with E-state index in [0.717, 1.165) is 32.1 Å². The standard InChI is InChI=1S/C13H22N2O5S/c14-21(19,20)8-9-6-11(16)15(7-9)12(13(17)18)10-4-2-1-3-5-10/h9-10,12H,1-8H2,(H,17,18)(H2,14,19,20). The molecule has 2 aliphatic rings. The second-order valence-corrected chi connectivity index (χ2v) is 7.79. The summed E-state index contributed by atoms with van der Waals surface area (Å²) in [7, 11) is -3.65. The number of hydrogen-bond donors (Lipinski definition) is 2. The van der Waals surface area contributed by atoms with Crippen LogP contribution in [0.25, 0.3) is 0 Å². The topological polar surface area (TPSA) is 118 Å². The molecular formula is C13H22N2O5S. The number of hydrogen-bond acceptors (Lipinski definition) is 4. The van der Waals surface area contributed by atoms with Gasteiger partial charge in [0.1, 0.15) is 6.04 Å². The van der Waals surface area contributed by atoms with E-state index in [4.69, 9.17) is 5.14 Å². The predicted molar refractivity (Wildman–Crippen MR) is 75.8 cm³/mol. The fourth-order valence-electron chi connectivity index (χ4n) is 3.56. The number of nitrogens with zero attached hydrogens (tertiary/aromatic N) is 1. The van der Waals surface area contributed by atoms with Crippen molar-refractivity contribution < 1.29 is 23.1 Å². The van der Waals surface area contributed by atoms with Gasteiger partial charge in [0.05, 0.1) is 5.75 Å². The van der Waals surface area contributed by atoms with Crippen molar-refractivity contribution in [3.05, 3.63) is 0 Å². The number of rotatable bonds is 5. The van der Waals surface area contributed by atoms with Gasteiger partial charge < -0.3 is 10.0 Å². The Bertz CT molecular complexity index is 513. The van der Waals surface area contributed by atoms with Crippen LogP contribution in [0.3, 0.4) is 0 Å². The largest absolute Gasteiger partial charge is 0.480 e. The Morgan fingerprint density at radius 1 is 1.33 bits per heavy atom. The van der Waals surface area contributed by atoms with Crippen molar-refractivity contribution in [3.8, 4) is 0 Å². The van der Waals surface area contributed by atoms with Crippen molar-refractivity contribution in [2.75, 3.05) is 12.3 Å².